The fraction of sp³-hybridized carbons (Fsp3) is 0.300. The Morgan fingerprint density at radius 1 is 1.04 bits per heavy atom. The van der Waals surface area contributed by atoms with Gasteiger partial charge in [-0.3, -0.25) is 0 Å². The van der Waals surface area contributed by atoms with Crippen LogP contribution in [0.3, 0.4) is 0 Å². The zero-order chi connectivity index (χ0) is 17.6. The number of aliphatic imine (C=N–C) groups is 1. The van der Waals surface area contributed by atoms with Gasteiger partial charge in [0.25, 0.3) is 0 Å². The number of halogens is 1. The molecule has 0 spiro atoms. The lowest BCUT2D eigenvalue weighted by Crippen LogP contribution is -2.26. The Hall–Kier alpha value is -2.87. The van der Waals surface area contributed by atoms with Gasteiger partial charge in [-0.05, 0) is 73.6 Å². The molecule has 0 aliphatic heterocycles. The van der Waals surface area contributed by atoms with Crippen molar-refractivity contribution in [2.75, 3.05) is 5.32 Å². The SMILES string of the molecule is N#Cc1ccc(NC(N)=NC2CCC(c3ccc(F)cc3)CC2)cc1. The van der Waals surface area contributed by atoms with Crippen LogP contribution in [0.15, 0.2) is 53.5 Å². The van der Waals surface area contributed by atoms with Crippen LogP contribution in [0.25, 0.3) is 0 Å². The number of nitrogens with two attached hydrogens (primary N) is 1. The molecule has 0 saturated heterocycles. The molecule has 0 radical (unpaired) electrons. The first-order chi connectivity index (χ1) is 12.1. The molecular weight excluding hydrogens is 315 g/mol. The zero-order valence-corrected chi connectivity index (χ0v) is 14.0. The molecule has 1 aliphatic rings. The van der Waals surface area contributed by atoms with Gasteiger partial charge in [-0.15, -0.1) is 0 Å². The zero-order valence-electron chi connectivity index (χ0n) is 14.0. The summed E-state index contributed by atoms with van der Waals surface area (Å²) < 4.78 is 13.0. The summed E-state index contributed by atoms with van der Waals surface area (Å²) in [5, 5.41) is 11.9. The summed E-state index contributed by atoms with van der Waals surface area (Å²) in [7, 11) is 0. The molecule has 2 aromatic carbocycles. The minimum atomic E-state index is -0.191. The van der Waals surface area contributed by atoms with E-state index in [0.29, 0.717) is 17.4 Å². The molecule has 2 aromatic rings. The van der Waals surface area contributed by atoms with E-state index in [0.717, 1.165) is 31.4 Å². The summed E-state index contributed by atoms with van der Waals surface area (Å²) in [5.41, 5.74) is 8.63. The molecule has 3 N–H and O–H groups in total. The Labute approximate surface area is 147 Å². The summed E-state index contributed by atoms with van der Waals surface area (Å²) in [4.78, 5) is 4.57. The lowest BCUT2D eigenvalue weighted by molar-refractivity contribution is 0.397. The second kappa shape index (κ2) is 7.80. The Morgan fingerprint density at radius 2 is 1.68 bits per heavy atom. The van der Waals surface area contributed by atoms with Crippen molar-refractivity contribution in [2.45, 2.75) is 37.6 Å². The minimum absolute atomic E-state index is 0.191. The highest BCUT2D eigenvalue weighted by molar-refractivity contribution is 5.92. The predicted molar refractivity (Wildman–Crippen MR) is 97.8 cm³/mol. The van der Waals surface area contributed by atoms with Crippen molar-refractivity contribution in [3.8, 4) is 6.07 Å². The number of anilines is 1. The Bertz CT molecular complexity index is 767. The number of guanidine groups is 1. The third-order valence-corrected chi connectivity index (χ3v) is 4.65. The van der Waals surface area contributed by atoms with Gasteiger partial charge in [-0.1, -0.05) is 12.1 Å². The van der Waals surface area contributed by atoms with E-state index in [1.165, 1.54) is 17.7 Å². The molecule has 0 bridgehead atoms. The van der Waals surface area contributed by atoms with Crippen LogP contribution in [0, 0.1) is 17.1 Å². The third-order valence-electron chi connectivity index (χ3n) is 4.65. The third kappa shape index (κ3) is 4.57. The van der Waals surface area contributed by atoms with Crippen LogP contribution in [-0.4, -0.2) is 12.0 Å². The van der Waals surface area contributed by atoms with Crippen LogP contribution in [0.2, 0.25) is 0 Å². The topological polar surface area (TPSA) is 74.2 Å². The van der Waals surface area contributed by atoms with Gasteiger partial charge in [0.1, 0.15) is 5.82 Å². The largest absolute Gasteiger partial charge is 0.370 e. The van der Waals surface area contributed by atoms with E-state index in [4.69, 9.17) is 11.0 Å². The monoisotopic (exact) mass is 336 g/mol. The highest BCUT2D eigenvalue weighted by Crippen LogP contribution is 2.34. The molecule has 128 valence electrons. The van der Waals surface area contributed by atoms with Crippen LogP contribution in [0.5, 0.6) is 0 Å². The van der Waals surface area contributed by atoms with E-state index >= 15 is 0 Å². The second-order valence-corrected chi connectivity index (χ2v) is 6.39. The highest BCUT2D eigenvalue weighted by atomic mass is 19.1. The molecule has 1 aliphatic carbocycles. The van der Waals surface area contributed by atoms with Crippen LogP contribution in [0.1, 0.15) is 42.7 Å². The summed E-state index contributed by atoms with van der Waals surface area (Å²) in [6.45, 7) is 0. The molecule has 0 aromatic heterocycles. The van der Waals surface area contributed by atoms with Crippen LogP contribution < -0.4 is 11.1 Å². The van der Waals surface area contributed by atoms with Crippen LogP contribution >= 0.6 is 0 Å². The number of hydrogen-bond acceptors (Lipinski definition) is 2. The standard InChI is InChI=1S/C20H21FN4/c21-17-7-3-15(4-8-17)16-5-11-19(12-6-16)25-20(23)24-18-9-1-14(13-22)2-10-18/h1-4,7-10,16,19H,5-6,11-12H2,(H3,23,24,25). The van der Waals surface area contributed by atoms with Crippen molar-refractivity contribution in [3.05, 3.63) is 65.5 Å². The predicted octanol–water partition coefficient (Wildman–Crippen LogP) is 4.15. The van der Waals surface area contributed by atoms with E-state index in [9.17, 15) is 4.39 Å². The quantitative estimate of drug-likeness (QED) is 0.653. The van der Waals surface area contributed by atoms with Crippen molar-refractivity contribution in [3.63, 3.8) is 0 Å². The molecule has 25 heavy (non-hydrogen) atoms. The number of nitriles is 1. The van der Waals surface area contributed by atoms with Gasteiger partial charge in [-0.25, -0.2) is 9.38 Å². The average molecular weight is 336 g/mol. The molecule has 0 atom stereocenters. The summed E-state index contributed by atoms with van der Waals surface area (Å²) in [6.07, 6.45) is 4.00. The lowest BCUT2D eigenvalue weighted by Gasteiger charge is -2.27. The number of nitrogens with one attached hydrogen (secondary N) is 1. The number of rotatable bonds is 3. The molecule has 0 amide bonds. The first-order valence-corrected chi connectivity index (χ1v) is 8.50. The second-order valence-electron chi connectivity index (χ2n) is 6.39. The highest BCUT2D eigenvalue weighted by Gasteiger charge is 2.22. The Balaban J connectivity index is 1.54. The first-order valence-electron chi connectivity index (χ1n) is 8.50. The van der Waals surface area contributed by atoms with Crippen LogP contribution in [-0.2, 0) is 0 Å². The van der Waals surface area contributed by atoms with Gasteiger partial charge < -0.3 is 11.1 Å². The van der Waals surface area contributed by atoms with Crippen molar-refractivity contribution >= 4 is 11.6 Å². The van der Waals surface area contributed by atoms with E-state index in [2.05, 4.69) is 16.4 Å². The van der Waals surface area contributed by atoms with E-state index < -0.39 is 0 Å². The molecule has 1 saturated carbocycles. The molecular formula is C20H21FN4. The fourth-order valence-corrected chi connectivity index (χ4v) is 3.28. The van der Waals surface area contributed by atoms with Crippen molar-refractivity contribution in [1.29, 1.82) is 5.26 Å². The smallest absolute Gasteiger partial charge is 0.193 e. The molecule has 0 unspecified atom stereocenters. The van der Waals surface area contributed by atoms with Crippen LogP contribution in [0.4, 0.5) is 10.1 Å². The minimum Gasteiger partial charge on any atom is -0.370 e. The maximum atomic E-state index is 13.0. The molecule has 4 nitrogen and oxygen atoms in total. The maximum Gasteiger partial charge on any atom is 0.193 e. The molecule has 5 heteroatoms. The average Bonchev–Trinajstić information content (AvgIpc) is 2.64. The number of hydrogen-bond donors (Lipinski definition) is 2. The maximum absolute atomic E-state index is 13.0. The Morgan fingerprint density at radius 3 is 2.28 bits per heavy atom. The molecule has 0 heterocycles. The summed E-state index contributed by atoms with van der Waals surface area (Å²) >= 11 is 0. The van der Waals surface area contributed by atoms with E-state index in [-0.39, 0.29) is 11.9 Å². The fourth-order valence-electron chi connectivity index (χ4n) is 3.28. The van der Waals surface area contributed by atoms with E-state index in [1.807, 2.05) is 24.3 Å². The van der Waals surface area contributed by atoms with Gasteiger partial charge in [0.2, 0.25) is 0 Å². The Kier molecular flexibility index (Phi) is 5.30. The molecule has 3 rings (SSSR count). The van der Waals surface area contributed by atoms with Gasteiger partial charge in [-0.2, -0.15) is 5.26 Å². The van der Waals surface area contributed by atoms with Gasteiger partial charge >= 0.3 is 0 Å². The van der Waals surface area contributed by atoms with Gasteiger partial charge in [0.15, 0.2) is 5.96 Å². The van der Waals surface area contributed by atoms with E-state index in [1.54, 1.807) is 12.1 Å². The molecule has 1 fully saturated rings. The normalized spacial score (nSPS) is 20.7. The van der Waals surface area contributed by atoms with Gasteiger partial charge in [0, 0.05) is 5.69 Å². The van der Waals surface area contributed by atoms with Gasteiger partial charge in [0.05, 0.1) is 17.7 Å². The number of benzene rings is 2. The van der Waals surface area contributed by atoms with Crippen molar-refractivity contribution in [1.82, 2.24) is 0 Å². The summed E-state index contributed by atoms with van der Waals surface area (Å²) in [5.74, 6) is 0.679. The lowest BCUT2D eigenvalue weighted by atomic mass is 9.82. The number of nitrogens with zero attached hydrogens (tertiary/aromatic N) is 2. The summed E-state index contributed by atoms with van der Waals surface area (Å²) in [6, 6.07) is 16.2. The van der Waals surface area contributed by atoms with Crippen molar-refractivity contribution in [2.24, 2.45) is 10.7 Å². The first kappa shape index (κ1) is 17.0. The van der Waals surface area contributed by atoms with Crippen molar-refractivity contribution < 1.29 is 4.39 Å².